The molecule has 0 saturated heterocycles. The van der Waals surface area contributed by atoms with E-state index in [1.165, 1.54) is 12.1 Å². The highest BCUT2D eigenvalue weighted by atomic mass is 19.1. The molecule has 2 unspecified atom stereocenters. The lowest BCUT2D eigenvalue weighted by atomic mass is 9.96. The topological polar surface area (TPSA) is 49.3 Å². The van der Waals surface area contributed by atoms with E-state index in [0.29, 0.717) is 25.4 Å². The lowest BCUT2D eigenvalue weighted by Crippen LogP contribution is -2.31. The van der Waals surface area contributed by atoms with Crippen LogP contribution in [-0.2, 0) is 4.79 Å². The fraction of sp³-hybridized carbons (Fsp3) is 0.562. The van der Waals surface area contributed by atoms with Crippen LogP contribution in [0, 0.1) is 17.7 Å². The molecular formula is C16H24FNO2. The van der Waals surface area contributed by atoms with Crippen LogP contribution < -0.4 is 5.32 Å². The van der Waals surface area contributed by atoms with Crippen LogP contribution in [0.3, 0.4) is 0 Å². The Morgan fingerprint density at radius 2 is 1.80 bits per heavy atom. The van der Waals surface area contributed by atoms with Crippen LogP contribution in [-0.4, -0.2) is 24.2 Å². The van der Waals surface area contributed by atoms with Crippen LogP contribution in [0.1, 0.15) is 38.7 Å². The van der Waals surface area contributed by atoms with Gasteiger partial charge in [0, 0.05) is 13.1 Å². The maximum atomic E-state index is 12.8. The number of carboxylic acids is 1. The van der Waals surface area contributed by atoms with Gasteiger partial charge >= 0.3 is 5.97 Å². The average molecular weight is 281 g/mol. The van der Waals surface area contributed by atoms with E-state index in [2.05, 4.69) is 5.32 Å². The molecule has 0 bridgehead atoms. The van der Waals surface area contributed by atoms with Gasteiger partial charge in [0.2, 0.25) is 0 Å². The van der Waals surface area contributed by atoms with Crippen molar-refractivity contribution in [3.05, 3.63) is 35.6 Å². The summed E-state index contributed by atoms with van der Waals surface area (Å²) in [6, 6.07) is 6.43. The Labute approximate surface area is 120 Å². The van der Waals surface area contributed by atoms with Crippen molar-refractivity contribution < 1.29 is 14.3 Å². The predicted molar refractivity (Wildman–Crippen MR) is 78.3 cm³/mol. The summed E-state index contributed by atoms with van der Waals surface area (Å²) in [6.45, 7) is 7.25. The first kappa shape index (κ1) is 16.6. The number of hydrogen-bond donors (Lipinski definition) is 2. The fourth-order valence-corrected chi connectivity index (χ4v) is 2.22. The molecule has 20 heavy (non-hydrogen) atoms. The van der Waals surface area contributed by atoms with Crippen LogP contribution in [0.5, 0.6) is 0 Å². The Bertz CT molecular complexity index is 417. The molecule has 2 atom stereocenters. The van der Waals surface area contributed by atoms with Crippen molar-refractivity contribution in [2.45, 2.75) is 33.1 Å². The van der Waals surface area contributed by atoms with Crippen molar-refractivity contribution in [3.63, 3.8) is 0 Å². The van der Waals surface area contributed by atoms with E-state index in [1.807, 2.05) is 20.8 Å². The van der Waals surface area contributed by atoms with Crippen molar-refractivity contribution in [3.8, 4) is 0 Å². The molecule has 0 aliphatic carbocycles. The molecule has 1 rings (SSSR count). The summed E-state index contributed by atoms with van der Waals surface area (Å²) in [7, 11) is 0. The number of hydrogen-bond acceptors (Lipinski definition) is 2. The van der Waals surface area contributed by atoms with Crippen LogP contribution in [0.2, 0.25) is 0 Å². The van der Waals surface area contributed by atoms with Crippen molar-refractivity contribution in [1.29, 1.82) is 0 Å². The lowest BCUT2D eigenvalue weighted by molar-refractivity contribution is -0.142. The van der Waals surface area contributed by atoms with Gasteiger partial charge in [0.15, 0.2) is 0 Å². The molecule has 1 aromatic rings. The summed E-state index contributed by atoms with van der Waals surface area (Å²) in [4.78, 5) is 11.1. The van der Waals surface area contributed by atoms with E-state index in [-0.39, 0.29) is 17.7 Å². The normalized spacial score (nSPS) is 14.2. The summed E-state index contributed by atoms with van der Waals surface area (Å²) in [5, 5.41) is 12.4. The first-order valence-electron chi connectivity index (χ1n) is 7.09. The average Bonchev–Trinajstić information content (AvgIpc) is 2.37. The molecule has 0 aliphatic rings. The van der Waals surface area contributed by atoms with Gasteiger partial charge in [-0.15, -0.1) is 0 Å². The summed E-state index contributed by atoms with van der Waals surface area (Å²) in [5.74, 6) is -0.746. The second-order valence-electron chi connectivity index (χ2n) is 5.78. The van der Waals surface area contributed by atoms with Gasteiger partial charge in [0.25, 0.3) is 0 Å². The summed E-state index contributed by atoms with van der Waals surface area (Å²) >= 11 is 0. The number of halogens is 1. The Balaban J connectivity index is 2.42. The second kappa shape index (κ2) is 8.00. The Morgan fingerprint density at radius 1 is 1.20 bits per heavy atom. The molecule has 0 heterocycles. The predicted octanol–water partition coefficient (Wildman–Crippen LogP) is 3.27. The molecule has 0 radical (unpaired) electrons. The standard InChI is InChI=1S/C16H24FNO2/c1-11(2)8-14(16(19)20)10-18-9-12(3)13-4-6-15(17)7-5-13/h4-7,11-12,14,18H,8-10H2,1-3H3,(H,19,20). The third kappa shape index (κ3) is 5.70. The zero-order valence-electron chi connectivity index (χ0n) is 12.4. The number of carboxylic acid groups (broad SMARTS) is 1. The quantitative estimate of drug-likeness (QED) is 0.769. The van der Waals surface area contributed by atoms with Gasteiger partial charge in [-0.1, -0.05) is 32.9 Å². The van der Waals surface area contributed by atoms with Crippen LogP contribution in [0.4, 0.5) is 4.39 Å². The summed E-state index contributed by atoms with van der Waals surface area (Å²) in [6.07, 6.45) is 0.674. The van der Waals surface area contributed by atoms with Crippen molar-refractivity contribution in [2.24, 2.45) is 11.8 Å². The molecule has 2 N–H and O–H groups in total. The third-order valence-electron chi connectivity index (χ3n) is 3.39. The molecule has 112 valence electrons. The largest absolute Gasteiger partial charge is 0.481 e. The number of nitrogens with one attached hydrogen (secondary N) is 1. The monoisotopic (exact) mass is 281 g/mol. The van der Waals surface area contributed by atoms with E-state index in [9.17, 15) is 9.18 Å². The van der Waals surface area contributed by atoms with E-state index < -0.39 is 5.97 Å². The lowest BCUT2D eigenvalue weighted by Gasteiger charge is -2.18. The van der Waals surface area contributed by atoms with Gasteiger partial charge in [-0.2, -0.15) is 0 Å². The minimum Gasteiger partial charge on any atom is -0.481 e. The van der Waals surface area contributed by atoms with E-state index in [4.69, 9.17) is 5.11 Å². The van der Waals surface area contributed by atoms with Crippen LogP contribution >= 0.6 is 0 Å². The van der Waals surface area contributed by atoms with E-state index in [1.54, 1.807) is 12.1 Å². The van der Waals surface area contributed by atoms with Gasteiger partial charge in [0.05, 0.1) is 5.92 Å². The van der Waals surface area contributed by atoms with Crippen molar-refractivity contribution >= 4 is 5.97 Å². The summed E-state index contributed by atoms with van der Waals surface area (Å²) < 4.78 is 12.8. The second-order valence-corrected chi connectivity index (χ2v) is 5.78. The third-order valence-corrected chi connectivity index (χ3v) is 3.39. The highest BCUT2D eigenvalue weighted by Gasteiger charge is 2.18. The van der Waals surface area contributed by atoms with Crippen LogP contribution in [0.15, 0.2) is 24.3 Å². The number of rotatable bonds is 8. The maximum Gasteiger partial charge on any atom is 0.307 e. The minimum absolute atomic E-state index is 0.226. The van der Waals surface area contributed by atoms with Gasteiger partial charge in [0.1, 0.15) is 5.82 Å². The molecule has 1 aromatic carbocycles. The zero-order chi connectivity index (χ0) is 15.1. The Hall–Kier alpha value is -1.42. The van der Waals surface area contributed by atoms with Gasteiger partial charge in [-0.05, 0) is 36.0 Å². The van der Waals surface area contributed by atoms with E-state index >= 15 is 0 Å². The molecule has 3 nitrogen and oxygen atoms in total. The SMILES string of the molecule is CC(C)CC(CNCC(C)c1ccc(F)cc1)C(=O)O. The molecule has 0 saturated carbocycles. The highest BCUT2D eigenvalue weighted by Crippen LogP contribution is 2.15. The molecule has 4 heteroatoms. The minimum atomic E-state index is -0.749. The van der Waals surface area contributed by atoms with Gasteiger partial charge < -0.3 is 10.4 Å². The van der Waals surface area contributed by atoms with Crippen molar-refractivity contribution in [1.82, 2.24) is 5.32 Å². The molecule has 0 aliphatic heterocycles. The van der Waals surface area contributed by atoms with Gasteiger partial charge in [-0.25, -0.2) is 4.39 Å². The highest BCUT2D eigenvalue weighted by molar-refractivity contribution is 5.70. The first-order valence-corrected chi connectivity index (χ1v) is 7.09. The zero-order valence-corrected chi connectivity index (χ0v) is 12.4. The smallest absolute Gasteiger partial charge is 0.307 e. The number of aliphatic carboxylic acids is 1. The molecule has 0 spiro atoms. The molecule has 0 fully saturated rings. The number of benzene rings is 1. The maximum absolute atomic E-state index is 12.8. The van der Waals surface area contributed by atoms with Crippen LogP contribution in [0.25, 0.3) is 0 Å². The van der Waals surface area contributed by atoms with E-state index in [0.717, 1.165) is 5.56 Å². The van der Waals surface area contributed by atoms with Gasteiger partial charge in [-0.3, -0.25) is 4.79 Å². The Morgan fingerprint density at radius 3 is 2.30 bits per heavy atom. The molecule has 0 amide bonds. The fourth-order valence-electron chi connectivity index (χ4n) is 2.22. The Kier molecular flexibility index (Phi) is 6.65. The summed E-state index contributed by atoms with van der Waals surface area (Å²) in [5.41, 5.74) is 1.05. The first-order chi connectivity index (χ1) is 9.40. The molecular weight excluding hydrogens is 257 g/mol. The van der Waals surface area contributed by atoms with Crippen molar-refractivity contribution in [2.75, 3.05) is 13.1 Å². The number of carbonyl (C=O) groups is 1. The molecule has 0 aromatic heterocycles.